The number of hydrogen-bond donors (Lipinski definition) is 4. The molecule has 92 valence electrons. The van der Waals surface area contributed by atoms with Gasteiger partial charge in [0, 0.05) is 5.69 Å². The quantitative estimate of drug-likeness (QED) is 0.590. The van der Waals surface area contributed by atoms with Gasteiger partial charge in [-0.1, -0.05) is 17.7 Å². The van der Waals surface area contributed by atoms with Gasteiger partial charge in [-0.25, -0.2) is 4.79 Å². The van der Waals surface area contributed by atoms with Crippen LogP contribution in [0.4, 0.5) is 10.5 Å². The molecule has 0 heterocycles. The van der Waals surface area contributed by atoms with Crippen molar-refractivity contribution >= 4 is 17.6 Å². The van der Waals surface area contributed by atoms with Crippen molar-refractivity contribution in [2.24, 2.45) is 5.73 Å². The first kappa shape index (κ1) is 13.0. The van der Waals surface area contributed by atoms with E-state index in [1.165, 1.54) is 0 Å². The van der Waals surface area contributed by atoms with Gasteiger partial charge >= 0.3 is 6.03 Å². The zero-order chi connectivity index (χ0) is 12.8. The molecule has 5 N–H and O–H groups in total. The van der Waals surface area contributed by atoms with E-state index in [1.54, 1.807) is 12.1 Å². The molecule has 1 unspecified atom stereocenters. The van der Waals surface area contributed by atoms with Crippen molar-refractivity contribution < 1.29 is 14.7 Å². The van der Waals surface area contributed by atoms with Gasteiger partial charge in [-0.3, -0.25) is 4.79 Å². The van der Waals surface area contributed by atoms with Crippen LogP contribution < -0.4 is 16.4 Å². The molecule has 0 spiro atoms. The molecule has 0 aliphatic rings. The summed E-state index contributed by atoms with van der Waals surface area (Å²) in [5.74, 6) is -0.874. The van der Waals surface area contributed by atoms with Crippen LogP contribution in [-0.2, 0) is 4.79 Å². The fraction of sp³-hybridized carbons (Fsp3) is 0.273. The maximum Gasteiger partial charge on any atom is 0.319 e. The van der Waals surface area contributed by atoms with Gasteiger partial charge < -0.3 is 21.5 Å². The molecule has 0 saturated carbocycles. The Morgan fingerprint density at radius 3 is 2.47 bits per heavy atom. The molecule has 0 fully saturated rings. The van der Waals surface area contributed by atoms with Crippen molar-refractivity contribution in [2.75, 3.05) is 11.9 Å². The molecule has 1 atom stereocenters. The van der Waals surface area contributed by atoms with Crippen molar-refractivity contribution in [2.45, 2.75) is 13.0 Å². The van der Waals surface area contributed by atoms with Crippen LogP contribution in [0.1, 0.15) is 5.56 Å². The normalized spacial score (nSPS) is 11.6. The highest BCUT2D eigenvalue weighted by molar-refractivity contribution is 5.89. The van der Waals surface area contributed by atoms with E-state index in [1.807, 2.05) is 19.1 Å². The summed E-state index contributed by atoms with van der Waals surface area (Å²) in [4.78, 5) is 21.8. The van der Waals surface area contributed by atoms with Gasteiger partial charge in [-0.2, -0.15) is 0 Å². The number of amides is 3. The Bertz CT molecular complexity index is 403. The number of urea groups is 1. The van der Waals surface area contributed by atoms with Crippen LogP contribution in [0.5, 0.6) is 0 Å². The molecule has 3 amide bonds. The molecular weight excluding hydrogens is 222 g/mol. The summed E-state index contributed by atoms with van der Waals surface area (Å²) < 4.78 is 0. The number of aliphatic hydroxyl groups is 1. The van der Waals surface area contributed by atoms with Crippen LogP contribution in [0.3, 0.4) is 0 Å². The number of carbonyl (C=O) groups excluding carboxylic acids is 2. The van der Waals surface area contributed by atoms with Crippen molar-refractivity contribution in [3.8, 4) is 0 Å². The Labute approximate surface area is 98.8 Å². The second-order valence-electron chi connectivity index (χ2n) is 3.62. The standard InChI is InChI=1S/C11H15N3O3/c1-7-2-4-8(5-3-7)14-11(17)13-6-9(15)10(12)16/h2-5,9,15H,6H2,1H3,(H2,12,16)(H2,13,14,17). The molecule has 0 bridgehead atoms. The molecule has 17 heavy (non-hydrogen) atoms. The zero-order valence-corrected chi connectivity index (χ0v) is 9.43. The minimum Gasteiger partial charge on any atom is -0.381 e. The van der Waals surface area contributed by atoms with Gasteiger partial charge in [-0.05, 0) is 19.1 Å². The number of benzene rings is 1. The molecule has 0 aliphatic heterocycles. The molecule has 0 aliphatic carbocycles. The lowest BCUT2D eigenvalue weighted by atomic mass is 10.2. The number of aliphatic hydroxyl groups excluding tert-OH is 1. The van der Waals surface area contributed by atoms with E-state index < -0.39 is 18.0 Å². The molecule has 6 heteroatoms. The van der Waals surface area contributed by atoms with Gasteiger partial charge in [-0.15, -0.1) is 0 Å². The minimum atomic E-state index is -1.38. The smallest absolute Gasteiger partial charge is 0.319 e. The Morgan fingerprint density at radius 2 is 1.94 bits per heavy atom. The Kier molecular flexibility index (Phi) is 4.47. The zero-order valence-electron chi connectivity index (χ0n) is 9.43. The van der Waals surface area contributed by atoms with Crippen LogP contribution in [0.15, 0.2) is 24.3 Å². The number of anilines is 1. The first-order valence-electron chi connectivity index (χ1n) is 5.08. The maximum absolute atomic E-state index is 11.3. The van der Waals surface area contributed by atoms with Crippen molar-refractivity contribution in [1.29, 1.82) is 0 Å². The second kappa shape index (κ2) is 5.86. The number of nitrogens with two attached hydrogens (primary N) is 1. The predicted octanol–water partition coefficient (Wildman–Crippen LogP) is -0.0373. The number of rotatable bonds is 4. The number of primary amides is 1. The van der Waals surface area contributed by atoms with Gasteiger partial charge in [0.05, 0.1) is 6.54 Å². The van der Waals surface area contributed by atoms with Crippen molar-refractivity contribution in [3.63, 3.8) is 0 Å². The van der Waals surface area contributed by atoms with Crippen LogP contribution in [0.2, 0.25) is 0 Å². The van der Waals surface area contributed by atoms with Gasteiger partial charge in [0.25, 0.3) is 0 Å². The predicted molar refractivity (Wildman–Crippen MR) is 63.4 cm³/mol. The second-order valence-corrected chi connectivity index (χ2v) is 3.62. The van der Waals surface area contributed by atoms with Gasteiger partial charge in [0.1, 0.15) is 6.10 Å². The number of hydrogen-bond acceptors (Lipinski definition) is 3. The highest BCUT2D eigenvalue weighted by Gasteiger charge is 2.11. The van der Waals surface area contributed by atoms with E-state index in [2.05, 4.69) is 10.6 Å². The van der Waals surface area contributed by atoms with Crippen LogP contribution in [0.25, 0.3) is 0 Å². The van der Waals surface area contributed by atoms with Crippen LogP contribution in [-0.4, -0.2) is 29.7 Å². The van der Waals surface area contributed by atoms with Crippen molar-refractivity contribution in [1.82, 2.24) is 5.32 Å². The summed E-state index contributed by atoms with van der Waals surface area (Å²) in [5.41, 5.74) is 6.54. The topological polar surface area (TPSA) is 104 Å². The third kappa shape index (κ3) is 4.52. The molecule has 1 aromatic rings. The number of carbonyl (C=O) groups is 2. The monoisotopic (exact) mass is 237 g/mol. The summed E-state index contributed by atoms with van der Waals surface area (Å²) in [7, 11) is 0. The first-order valence-corrected chi connectivity index (χ1v) is 5.08. The average molecular weight is 237 g/mol. The van der Waals surface area contributed by atoms with E-state index in [0.29, 0.717) is 5.69 Å². The van der Waals surface area contributed by atoms with Gasteiger partial charge in [0.15, 0.2) is 0 Å². The molecule has 0 radical (unpaired) electrons. The van der Waals surface area contributed by atoms with Crippen LogP contribution >= 0.6 is 0 Å². The highest BCUT2D eigenvalue weighted by atomic mass is 16.3. The molecule has 0 aromatic heterocycles. The number of nitrogens with one attached hydrogen (secondary N) is 2. The van der Waals surface area contributed by atoms with E-state index in [9.17, 15) is 9.59 Å². The summed E-state index contributed by atoms with van der Waals surface area (Å²) in [6.45, 7) is 1.72. The average Bonchev–Trinajstić information content (AvgIpc) is 2.29. The Hall–Kier alpha value is -2.08. The minimum absolute atomic E-state index is 0.215. The third-order valence-corrected chi connectivity index (χ3v) is 2.09. The molecule has 1 aromatic carbocycles. The molecule has 6 nitrogen and oxygen atoms in total. The lowest BCUT2D eigenvalue weighted by Crippen LogP contribution is -2.41. The lowest BCUT2D eigenvalue weighted by molar-refractivity contribution is -0.125. The summed E-state index contributed by atoms with van der Waals surface area (Å²) in [6.07, 6.45) is -1.38. The SMILES string of the molecule is Cc1ccc(NC(=O)NCC(O)C(N)=O)cc1. The molecule has 1 rings (SSSR count). The van der Waals surface area contributed by atoms with E-state index >= 15 is 0 Å². The summed E-state index contributed by atoms with van der Waals surface area (Å²) in [5, 5.41) is 13.9. The van der Waals surface area contributed by atoms with E-state index in [-0.39, 0.29) is 6.54 Å². The van der Waals surface area contributed by atoms with E-state index in [4.69, 9.17) is 10.8 Å². The first-order chi connectivity index (χ1) is 7.99. The fourth-order valence-electron chi connectivity index (χ4n) is 1.10. The van der Waals surface area contributed by atoms with E-state index in [0.717, 1.165) is 5.56 Å². The van der Waals surface area contributed by atoms with Gasteiger partial charge in [0.2, 0.25) is 5.91 Å². The molecular formula is C11H15N3O3. The summed E-state index contributed by atoms with van der Waals surface area (Å²) in [6, 6.07) is 6.70. The van der Waals surface area contributed by atoms with Crippen LogP contribution in [0, 0.1) is 6.92 Å². The largest absolute Gasteiger partial charge is 0.381 e. The highest BCUT2D eigenvalue weighted by Crippen LogP contribution is 2.07. The third-order valence-electron chi connectivity index (χ3n) is 2.09. The summed E-state index contributed by atoms with van der Waals surface area (Å²) >= 11 is 0. The number of aryl methyl sites for hydroxylation is 1. The lowest BCUT2D eigenvalue weighted by Gasteiger charge is -2.09. The molecule has 0 saturated heterocycles. The fourth-order valence-corrected chi connectivity index (χ4v) is 1.10. The Balaban J connectivity index is 2.39. The Morgan fingerprint density at radius 1 is 1.35 bits per heavy atom. The van der Waals surface area contributed by atoms with Crippen molar-refractivity contribution in [3.05, 3.63) is 29.8 Å². The maximum atomic E-state index is 11.3.